The summed E-state index contributed by atoms with van der Waals surface area (Å²) >= 11 is 0. The third-order valence-corrected chi connectivity index (χ3v) is 5.22. The quantitative estimate of drug-likeness (QED) is 0.386. The van der Waals surface area contributed by atoms with Gasteiger partial charge in [-0.05, 0) is 48.4 Å². The number of anilines is 1. The average molecular weight is 403 g/mol. The molecule has 6 nitrogen and oxygen atoms in total. The standard InChI is InChI=1S/C24H21NO5/c1-3-15-9-11-17(12-10-15)25-21(19-8-5-13-30-19)20(23(27)24(25)28)22(26)16-6-4-7-18(14-16)29-2/h4-14,21,26H,3H2,1-2H3/b22-20-. The average Bonchev–Trinajstić information content (AvgIpc) is 3.40. The molecule has 152 valence electrons. The van der Waals surface area contributed by atoms with Gasteiger partial charge in [-0.15, -0.1) is 0 Å². The monoisotopic (exact) mass is 403 g/mol. The van der Waals surface area contributed by atoms with Crippen molar-refractivity contribution in [1.82, 2.24) is 0 Å². The molecule has 1 atom stereocenters. The number of benzene rings is 2. The Labute approximate surface area is 174 Å². The van der Waals surface area contributed by atoms with Crippen molar-refractivity contribution in [1.29, 1.82) is 0 Å². The van der Waals surface area contributed by atoms with E-state index >= 15 is 0 Å². The van der Waals surface area contributed by atoms with Gasteiger partial charge in [0.25, 0.3) is 11.7 Å². The van der Waals surface area contributed by atoms with Gasteiger partial charge in [-0.25, -0.2) is 0 Å². The fraction of sp³-hybridized carbons (Fsp3) is 0.167. The summed E-state index contributed by atoms with van der Waals surface area (Å²) < 4.78 is 10.8. The molecular formula is C24H21NO5. The van der Waals surface area contributed by atoms with E-state index in [-0.39, 0.29) is 11.3 Å². The molecule has 2 heterocycles. The summed E-state index contributed by atoms with van der Waals surface area (Å²) in [4.78, 5) is 27.4. The number of aryl methyl sites for hydroxylation is 1. The largest absolute Gasteiger partial charge is 0.507 e. The van der Waals surface area contributed by atoms with Crippen LogP contribution < -0.4 is 9.64 Å². The van der Waals surface area contributed by atoms with Gasteiger partial charge in [0.05, 0.1) is 18.9 Å². The van der Waals surface area contributed by atoms with Crippen molar-refractivity contribution >= 4 is 23.1 Å². The van der Waals surface area contributed by atoms with E-state index in [9.17, 15) is 14.7 Å². The van der Waals surface area contributed by atoms with Gasteiger partial charge in [0.1, 0.15) is 23.3 Å². The minimum absolute atomic E-state index is 0.0252. The minimum Gasteiger partial charge on any atom is -0.507 e. The number of hydrogen-bond donors (Lipinski definition) is 1. The first kappa shape index (κ1) is 19.5. The number of aliphatic hydroxyl groups is 1. The summed E-state index contributed by atoms with van der Waals surface area (Å²) in [5.41, 5.74) is 2.02. The molecule has 0 bridgehead atoms. The molecular weight excluding hydrogens is 382 g/mol. The second kappa shape index (κ2) is 7.91. The predicted octanol–water partition coefficient (Wildman–Crippen LogP) is 4.48. The smallest absolute Gasteiger partial charge is 0.300 e. The van der Waals surface area contributed by atoms with Crippen LogP contribution in [-0.4, -0.2) is 23.9 Å². The number of amides is 1. The molecule has 4 rings (SSSR count). The number of Topliss-reactive ketones (excluding diaryl/α,β-unsaturated/α-hetero) is 1. The predicted molar refractivity (Wildman–Crippen MR) is 112 cm³/mol. The molecule has 1 N–H and O–H groups in total. The number of ether oxygens (including phenoxy) is 1. The molecule has 1 fully saturated rings. The molecule has 1 aliphatic heterocycles. The number of carbonyl (C=O) groups excluding carboxylic acids is 2. The van der Waals surface area contributed by atoms with Gasteiger partial charge >= 0.3 is 0 Å². The zero-order valence-corrected chi connectivity index (χ0v) is 16.7. The molecule has 0 spiro atoms. The van der Waals surface area contributed by atoms with Crippen LogP contribution in [0.5, 0.6) is 5.75 Å². The number of methoxy groups -OCH3 is 1. The van der Waals surface area contributed by atoms with Gasteiger partial charge in [0.15, 0.2) is 0 Å². The first-order valence-corrected chi connectivity index (χ1v) is 9.63. The maximum atomic E-state index is 13.0. The number of ketones is 1. The van der Waals surface area contributed by atoms with Gasteiger partial charge in [-0.1, -0.05) is 31.2 Å². The summed E-state index contributed by atoms with van der Waals surface area (Å²) in [6.07, 6.45) is 2.33. The molecule has 3 aromatic rings. The number of furan rings is 1. The van der Waals surface area contributed by atoms with Gasteiger partial charge in [0, 0.05) is 11.3 Å². The third kappa shape index (κ3) is 3.26. The van der Waals surface area contributed by atoms with E-state index < -0.39 is 17.7 Å². The Morgan fingerprint density at radius 2 is 1.87 bits per heavy atom. The highest BCUT2D eigenvalue weighted by molar-refractivity contribution is 6.51. The summed E-state index contributed by atoms with van der Waals surface area (Å²) in [5, 5.41) is 11.0. The lowest BCUT2D eigenvalue weighted by molar-refractivity contribution is -0.132. The van der Waals surface area contributed by atoms with Gasteiger partial charge < -0.3 is 14.3 Å². The Hall–Kier alpha value is -3.80. The summed E-state index contributed by atoms with van der Waals surface area (Å²) in [6, 6.07) is 16.6. The summed E-state index contributed by atoms with van der Waals surface area (Å²) in [7, 11) is 1.51. The van der Waals surface area contributed by atoms with Crippen LogP contribution in [0.15, 0.2) is 76.9 Å². The number of nitrogens with zero attached hydrogens (tertiary/aromatic N) is 1. The SMILES string of the molecule is CCc1ccc(N2C(=O)C(=O)/C(=C(\O)c3cccc(OC)c3)C2c2ccco2)cc1. The second-order valence-corrected chi connectivity index (χ2v) is 6.94. The highest BCUT2D eigenvalue weighted by Crippen LogP contribution is 2.42. The van der Waals surface area contributed by atoms with E-state index in [4.69, 9.17) is 9.15 Å². The molecule has 1 aromatic heterocycles. The van der Waals surface area contributed by atoms with Gasteiger partial charge in [-0.3, -0.25) is 14.5 Å². The van der Waals surface area contributed by atoms with Gasteiger partial charge in [0.2, 0.25) is 0 Å². The highest BCUT2D eigenvalue weighted by Gasteiger charge is 2.48. The molecule has 0 saturated carbocycles. The van der Waals surface area contributed by atoms with Crippen LogP contribution in [0, 0.1) is 0 Å². The van der Waals surface area contributed by atoms with Crippen LogP contribution in [0.4, 0.5) is 5.69 Å². The van der Waals surface area contributed by atoms with Crippen molar-refractivity contribution in [3.05, 3.63) is 89.4 Å². The van der Waals surface area contributed by atoms with E-state index in [1.807, 2.05) is 19.1 Å². The van der Waals surface area contributed by atoms with Crippen LogP contribution in [0.25, 0.3) is 5.76 Å². The second-order valence-electron chi connectivity index (χ2n) is 6.94. The first-order chi connectivity index (χ1) is 14.5. The van der Waals surface area contributed by atoms with Crippen LogP contribution in [0.1, 0.15) is 29.9 Å². The van der Waals surface area contributed by atoms with Crippen LogP contribution >= 0.6 is 0 Å². The van der Waals surface area contributed by atoms with E-state index in [0.717, 1.165) is 12.0 Å². The Morgan fingerprint density at radius 1 is 1.10 bits per heavy atom. The Morgan fingerprint density at radius 3 is 2.50 bits per heavy atom. The van der Waals surface area contributed by atoms with E-state index in [1.54, 1.807) is 48.5 Å². The van der Waals surface area contributed by atoms with Crippen LogP contribution in [0.3, 0.4) is 0 Å². The van der Waals surface area contributed by atoms with E-state index in [0.29, 0.717) is 22.8 Å². The van der Waals surface area contributed by atoms with Crippen molar-refractivity contribution in [3.63, 3.8) is 0 Å². The van der Waals surface area contributed by atoms with Crippen molar-refractivity contribution in [2.45, 2.75) is 19.4 Å². The number of aliphatic hydroxyl groups excluding tert-OH is 1. The van der Waals surface area contributed by atoms with Gasteiger partial charge in [-0.2, -0.15) is 0 Å². The normalized spacial score (nSPS) is 18.1. The van der Waals surface area contributed by atoms with Crippen LogP contribution in [-0.2, 0) is 16.0 Å². The Balaban J connectivity index is 1.89. The zero-order valence-electron chi connectivity index (χ0n) is 16.7. The molecule has 1 amide bonds. The maximum Gasteiger partial charge on any atom is 0.300 e. The van der Waals surface area contributed by atoms with E-state index in [1.165, 1.54) is 18.3 Å². The third-order valence-electron chi connectivity index (χ3n) is 5.22. The summed E-state index contributed by atoms with van der Waals surface area (Å²) in [6.45, 7) is 2.04. The number of carbonyl (C=O) groups is 2. The lowest BCUT2D eigenvalue weighted by atomic mass is 9.99. The zero-order chi connectivity index (χ0) is 21.3. The molecule has 1 aliphatic rings. The molecule has 30 heavy (non-hydrogen) atoms. The van der Waals surface area contributed by atoms with Crippen molar-refractivity contribution in [2.24, 2.45) is 0 Å². The number of hydrogen-bond acceptors (Lipinski definition) is 5. The molecule has 1 unspecified atom stereocenters. The molecule has 0 radical (unpaired) electrons. The topological polar surface area (TPSA) is 80.0 Å². The fourth-order valence-corrected chi connectivity index (χ4v) is 3.63. The van der Waals surface area contributed by atoms with Crippen molar-refractivity contribution < 1.29 is 23.8 Å². The van der Waals surface area contributed by atoms with E-state index in [2.05, 4.69) is 0 Å². The Kier molecular flexibility index (Phi) is 5.14. The lowest BCUT2D eigenvalue weighted by Crippen LogP contribution is -2.29. The summed E-state index contributed by atoms with van der Waals surface area (Å²) in [5.74, 6) is -0.848. The number of rotatable bonds is 5. The van der Waals surface area contributed by atoms with Crippen molar-refractivity contribution in [2.75, 3.05) is 12.0 Å². The van der Waals surface area contributed by atoms with Crippen LogP contribution in [0.2, 0.25) is 0 Å². The highest BCUT2D eigenvalue weighted by atomic mass is 16.5. The minimum atomic E-state index is -0.876. The van der Waals surface area contributed by atoms with Crippen molar-refractivity contribution in [3.8, 4) is 5.75 Å². The molecule has 2 aromatic carbocycles. The molecule has 6 heteroatoms. The Bertz CT molecular complexity index is 1110. The first-order valence-electron chi connectivity index (χ1n) is 9.63. The molecule has 0 aliphatic carbocycles. The fourth-order valence-electron chi connectivity index (χ4n) is 3.63. The maximum absolute atomic E-state index is 13.0. The lowest BCUT2D eigenvalue weighted by Gasteiger charge is -2.23. The molecule has 1 saturated heterocycles.